The van der Waals surface area contributed by atoms with Gasteiger partial charge in [-0.05, 0) is 61.9 Å². The van der Waals surface area contributed by atoms with Crippen LogP contribution in [0.15, 0.2) is 29.4 Å². The zero-order valence-corrected chi connectivity index (χ0v) is 22.2. The van der Waals surface area contributed by atoms with Crippen molar-refractivity contribution in [3.05, 3.63) is 35.4 Å². The summed E-state index contributed by atoms with van der Waals surface area (Å²) in [5, 5.41) is 13.2. The van der Waals surface area contributed by atoms with Crippen LogP contribution in [-0.2, 0) is 25.6 Å². The fraction of sp³-hybridized carbons (Fsp3) is 0.522. The predicted octanol–water partition coefficient (Wildman–Crippen LogP) is 3.20. The molecule has 2 heterocycles. The lowest BCUT2D eigenvalue weighted by Crippen LogP contribution is -2.53. The van der Waals surface area contributed by atoms with Crippen molar-refractivity contribution in [2.75, 3.05) is 6.54 Å². The van der Waals surface area contributed by atoms with Gasteiger partial charge < -0.3 is 10.2 Å². The molecule has 10 nitrogen and oxygen atoms in total. The summed E-state index contributed by atoms with van der Waals surface area (Å²) in [4.78, 5) is 29.1. The number of carbonyl (C=O) groups excluding carboxylic acids is 2. The van der Waals surface area contributed by atoms with Gasteiger partial charge in [-0.2, -0.15) is 31.6 Å². The third kappa shape index (κ3) is 5.00. The first-order chi connectivity index (χ1) is 18.9. The van der Waals surface area contributed by atoms with Gasteiger partial charge in [-0.25, -0.2) is 18.1 Å². The minimum Gasteiger partial charge on any atom is -0.336 e. The number of halogens is 7. The Labute approximate surface area is 233 Å². The smallest absolute Gasteiger partial charge is 0.336 e. The van der Waals surface area contributed by atoms with Gasteiger partial charge in [-0.3, -0.25) is 9.59 Å². The largest absolute Gasteiger partial charge is 0.417 e. The summed E-state index contributed by atoms with van der Waals surface area (Å²) in [5.41, 5.74) is -5.94. The van der Waals surface area contributed by atoms with Crippen molar-refractivity contribution in [1.29, 1.82) is 5.26 Å². The number of sulfone groups is 1. The van der Waals surface area contributed by atoms with E-state index in [1.54, 1.807) is 0 Å². The second-order valence-electron chi connectivity index (χ2n) is 10.3. The van der Waals surface area contributed by atoms with Crippen molar-refractivity contribution >= 4 is 33.3 Å². The van der Waals surface area contributed by atoms with E-state index in [0.29, 0.717) is 17.0 Å². The van der Waals surface area contributed by atoms with Gasteiger partial charge in [-0.15, -0.1) is 5.10 Å². The summed E-state index contributed by atoms with van der Waals surface area (Å²) in [5.74, 6) is -2.58. The molecule has 3 aliphatic rings. The van der Waals surface area contributed by atoms with E-state index in [9.17, 15) is 49.6 Å². The first-order valence-corrected chi connectivity index (χ1v) is 14.0. The quantitative estimate of drug-likeness (QED) is 0.487. The Morgan fingerprint density at radius 1 is 1.12 bits per heavy atom. The molecule has 1 N–H and O–H groups in total. The van der Waals surface area contributed by atoms with Gasteiger partial charge in [0.1, 0.15) is 23.3 Å². The third-order valence-electron chi connectivity index (χ3n) is 7.60. The number of benzene rings is 1. The molecule has 2 aliphatic carbocycles. The minimum atomic E-state index is -5.20. The van der Waals surface area contributed by atoms with E-state index >= 15 is 0 Å². The van der Waals surface area contributed by atoms with Gasteiger partial charge in [0.15, 0.2) is 9.84 Å². The van der Waals surface area contributed by atoms with Crippen LogP contribution in [0.3, 0.4) is 0 Å². The second kappa shape index (κ2) is 9.31. The highest BCUT2D eigenvalue weighted by atomic mass is 35.5. The van der Waals surface area contributed by atoms with Crippen LogP contribution in [0.4, 0.5) is 26.3 Å². The average Bonchev–Trinajstić information content (AvgIpc) is 3.77. The van der Waals surface area contributed by atoms with Crippen LogP contribution in [0.5, 0.6) is 0 Å². The lowest BCUT2D eigenvalue weighted by atomic mass is 10.0. The Morgan fingerprint density at radius 3 is 2.27 bits per heavy atom. The fourth-order valence-electron chi connectivity index (χ4n) is 4.90. The van der Waals surface area contributed by atoms with Crippen molar-refractivity contribution in [3.8, 4) is 11.8 Å². The van der Waals surface area contributed by atoms with E-state index in [4.69, 9.17) is 11.6 Å². The lowest BCUT2D eigenvalue weighted by molar-refractivity contribution is -0.199. The Balaban J connectivity index is 1.52. The standard InChI is InChI=1S/C23H19ClF6N6O4S/c24-19-32-11-36(34-19)12-1-2-16(14(7-12)22(25,26)27)41(39,40)13-8-15(17(37)33-20(10-31)3-4-20)35(9-13)18(38)21(5-6-21)23(28,29)30/h1-2,7,11,13,15H,3-6,8-9H2,(H,33,37)/t13-,15+/m1/s1. The first kappa shape index (κ1) is 29.1. The van der Waals surface area contributed by atoms with E-state index in [1.165, 1.54) is 0 Å². The Kier molecular flexibility index (Phi) is 6.61. The molecule has 2 atom stereocenters. The highest BCUT2D eigenvalue weighted by Gasteiger charge is 2.70. The monoisotopic (exact) mass is 624 g/mol. The number of carbonyl (C=O) groups is 2. The van der Waals surface area contributed by atoms with Gasteiger partial charge >= 0.3 is 12.4 Å². The normalized spacial score (nSPS) is 23.1. The maximum Gasteiger partial charge on any atom is 0.417 e. The highest BCUT2D eigenvalue weighted by Crippen LogP contribution is 2.59. The van der Waals surface area contributed by atoms with E-state index in [-0.39, 0.29) is 23.8 Å². The number of rotatable bonds is 6. The van der Waals surface area contributed by atoms with Gasteiger partial charge in [0.05, 0.1) is 27.5 Å². The van der Waals surface area contributed by atoms with Crippen molar-refractivity contribution in [2.45, 2.75) is 66.2 Å². The molecule has 0 spiro atoms. The number of aromatic nitrogens is 3. The summed E-state index contributed by atoms with van der Waals surface area (Å²) in [6.07, 6.45) is -10.6. The van der Waals surface area contributed by atoms with E-state index in [0.717, 1.165) is 17.1 Å². The molecule has 2 amide bonds. The molecule has 2 saturated carbocycles. The molecule has 1 aliphatic heterocycles. The van der Waals surface area contributed by atoms with Crippen molar-refractivity contribution < 1.29 is 44.3 Å². The van der Waals surface area contributed by atoms with Crippen molar-refractivity contribution in [3.63, 3.8) is 0 Å². The number of nitrogens with one attached hydrogen (secondary N) is 1. The zero-order chi connectivity index (χ0) is 30.2. The number of amides is 2. The molecule has 1 saturated heterocycles. The molecule has 220 valence electrons. The number of alkyl halides is 6. The second-order valence-corrected chi connectivity index (χ2v) is 12.8. The molecule has 3 fully saturated rings. The number of nitriles is 1. The van der Waals surface area contributed by atoms with Gasteiger partial charge in [-0.1, -0.05) is 0 Å². The fourth-order valence-corrected chi connectivity index (χ4v) is 6.92. The van der Waals surface area contributed by atoms with Gasteiger partial charge in [0.25, 0.3) is 0 Å². The predicted molar refractivity (Wildman–Crippen MR) is 126 cm³/mol. The van der Waals surface area contributed by atoms with E-state index in [1.807, 2.05) is 6.07 Å². The summed E-state index contributed by atoms with van der Waals surface area (Å²) in [7, 11) is -4.98. The topological polar surface area (TPSA) is 138 Å². The lowest BCUT2D eigenvalue weighted by Gasteiger charge is -2.29. The van der Waals surface area contributed by atoms with Crippen LogP contribution in [-0.4, -0.2) is 69.4 Å². The van der Waals surface area contributed by atoms with Gasteiger partial charge in [0.2, 0.25) is 17.1 Å². The molecule has 1 aromatic carbocycles. The summed E-state index contributed by atoms with van der Waals surface area (Å²) >= 11 is 5.61. The SMILES string of the molecule is N#CC1(NC(=O)[C@@H]2C[C@@H](S(=O)(=O)c3ccc(-n4cnc(Cl)n4)cc3C(F)(F)F)CN2C(=O)C2(C(F)(F)F)CC2)CC1. The van der Waals surface area contributed by atoms with E-state index < -0.39 is 92.5 Å². The average molecular weight is 625 g/mol. The maximum absolute atomic E-state index is 14.1. The van der Waals surface area contributed by atoms with Crippen LogP contribution in [0.25, 0.3) is 5.69 Å². The number of hydrogen-bond acceptors (Lipinski definition) is 7. The molecular weight excluding hydrogens is 606 g/mol. The van der Waals surface area contributed by atoms with Crippen LogP contribution < -0.4 is 5.32 Å². The summed E-state index contributed by atoms with van der Waals surface area (Å²) in [6.45, 7) is -0.950. The van der Waals surface area contributed by atoms with Crippen molar-refractivity contribution in [1.82, 2.24) is 25.0 Å². The van der Waals surface area contributed by atoms with Crippen LogP contribution in [0.1, 0.15) is 37.7 Å². The van der Waals surface area contributed by atoms with Crippen LogP contribution >= 0.6 is 11.6 Å². The van der Waals surface area contributed by atoms with Crippen LogP contribution in [0, 0.1) is 16.7 Å². The molecule has 1 aromatic heterocycles. The molecule has 41 heavy (non-hydrogen) atoms. The van der Waals surface area contributed by atoms with Gasteiger partial charge in [0, 0.05) is 6.54 Å². The molecular formula is C23H19ClF6N6O4S. The molecule has 0 unspecified atom stereocenters. The molecule has 18 heteroatoms. The summed E-state index contributed by atoms with van der Waals surface area (Å²) in [6, 6.07) is 2.26. The Bertz CT molecular complexity index is 1580. The molecule has 0 radical (unpaired) electrons. The first-order valence-electron chi connectivity index (χ1n) is 12.1. The Morgan fingerprint density at radius 2 is 1.78 bits per heavy atom. The van der Waals surface area contributed by atoms with E-state index in [2.05, 4.69) is 15.4 Å². The highest BCUT2D eigenvalue weighted by molar-refractivity contribution is 7.92. The number of nitrogens with zero attached hydrogens (tertiary/aromatic N) is 5. The minimum absolute atomic E-state index is 0.233. The van der Waals surface area contributed by atoms with Crippen LogP contribution in [0.2, 0.25) is 5.28 Å². The third-order valence-corrected chi connectivity index (χ3v) is 9.96. The molecule has 0 bridgehead atoms. The molecule has 2 aromatic rings. The van der Waals surface area contributed by atoms with Crippen molar-refractivity contribution in [2.24, 2.45) is 5.41 Å². The number of hydrogen-bond donors (Lipinski definition) is 1. The zero-order valence-electron chi connectivity index (χ0n) is 20.6. The molecule has 5 rings (SSSR count). The maximum atomic E-state index is 14.1. The summed E-state index contributed by atoms with van der Waals surface area (Å²) < 4.78 is 112. The Hall–Kier alpha value is -3.39. The number of likely N-dealkylation sites (tertiary alicyclic amines) is 1.